The van der Waals surface area contributed by atoms with Crippen molar-refractivity contribution < 1.29 is 9.18 Å². The van der Waals surface area contributed by atoms with Crippen LogP contribution < -0.4 is 0 Å². The molecule has 0 heterocycles. The minimum Gasteiger partial charge on any atom is -0.300 e. The average molecular weight is 308 g/mol. The fourth-order valence-electron chi connectivity index (χ4n) is 1.40. The van der Waals surface area contributed by atoms with Crippen molar-refractivity contribution in [2.24, 2.45) is 0 Å². The molecule has 0 N–H and O–H groups in total. The standard InChI is InChI=1S/C12H13BrClFO/c13-7-1-2-11(16)5-3-9-8-10(14)4-6-12(9)15/h4,6,8H,1-3,5,7H2. The number of Topliss-reactive ketones (excluding diaryl/α,β-unsaturated/α-hetero) is 1. The average Bonchev–Trinajstić information content (AvgIpc) is 2.27. The Morgan fingerprint density at radius 3 is 2.81 bits per heavy atom. The quantitative estimate of drug-likeness (QED) is 0.721. The molecule has 88 valence electrons. The topological polar surface area (TPSA) is 17.1 Å². The fourth-order valence-corrected chi connectivity index (χ4v) is 1.87. The normalized spacial score (nSPS) is 10.4. The predicted molar refractivity (Wildman–Crippen MR) is 67.8 cm³/mol. The van der Waals surface area contributed by atoms with E-state index >= 15 is 0 Å². The van der Waals surface area contributed by atoms with Crippen molar-refractivity contribution in [2.45, 2.75) is 25.7 Å². The third kappa shape index (κ3) is 4.62. The third-order valence-corrected chi connectivity index (χ3v) is 3.07. The monoisotopic (exact) mass is 306 g/mol. The van der Waals surface area contributed by atoms with Crippen LogP contribution in [-0.2, 0) is 11.2 Å². The Kier molecular flexibility index (Phi) is 5.99. The van der Waals surface area contributed by atoms with Crippen molar-refractivity contribution in [2.75, 3.05) is 5.33 Å². The first-order valence-electron chi connectivity index (χ1n) is 5.15. The lowest BCUT2D eigenvalue weighted by atomic mass is 10.0. The van der Waals surface area contributed by atoms with E-state index in [4.69, 9.17) is 11.6 Å². The molecule has 0 atom stereocenters. The Hall–Kier alpha value is -0.410. The molecule has 0 radical (unpaired) electrons. The van der Waals surface area contributed by atoms with Crippen LogP contribution >= 0.6 is 27.5 Å². The first-order valence-corrected chi connectivity index (χ1v) is 6.65. The molecule has 0 fully saturated rings. The summed E-state index contributed by atoms with van der Waals surface area (Å²) < 4.78 is 13.3. The Morgan fingerprint density at radius 2 is 2.12 bits per heavy atom. The lowest BCUT2D eigenvalue weighted by molar-refractivity contribution is -0.119. The maximum atomic E-state index is 13.3. The molecule has 1 aromatic rings. The van der Waals surface area contributed by atoms with Gasteiger partial charge in [0.25, 0.3) is 0 Å². The molecule has 0 spiro atoms. The molecule has 0 unspecified atom stereocenters. The Balaban J connectivity index is 2.47. The smallest absolute Gasteiger partial charge is 0.133 e. The van der Waals surface area contributed by atoms with Gasteiger partial charge in [-0.2, -0.15) is 0 Å². The Bertz CT molecular complexity index is 368. The zero-order valence-electron chi connectivity index (χ0n) is 8.81. The molecule has 1 aromatic carbocycles. The van der Waals surface area contributed by atoms with Crippen LogP contribution in [0.3, 0.4) is 0 Å². The van der Waals surface area contributed by atoms with Gasteiger partial charge in [0.2, 0.25) is 0 Å². The highest BCUT2D eigenvalue weighted by molar-refractivity contribution is 9.09. The number of aryl methyl sites for hydroxylation is 1. The Morgan fingerprint density at radius 1 is 1.38 bits per heavy atom. The summed E-state index contributed by atoms with van der Waals surface area (Å²) in [5, 5.41) is 1.33. The second-order valence-corrected chi connectivity index (χ2v) is 4.80. The summed E-state index contributed by atoms with van der Waals surface area (Å²) in [6, 6.07) is 4.42. The van der Waals surface area contributed by atoms with Gasteiger partial charge in [-0.05, 0) is 36.6 Å². The number of carbonyl (C=O) groups excluding carboxylic acids is 1. The maximum Gasteiger partial charge on any atom is 0.133 e. The van der Waals surface area contributed by atoms with Crippen molar-refractivity contribution in [1.82, 2.24) is 0 Å². The largest absolute Gasteiger partial charge is 0.300 e. The maximum absolute atomic E-state index is 13.3. The number of rotatable bonds is 6. The summed E-state index contributed by atoms with van der Waals surface area (Å²) in [5.41, 5.74) is 0.514. The second kappa shape index (κ2) is 7.02. The zero-order chi connectivity index (χ0) is 12.0. The molecular formula is C12H13BrClFO. The summed E-state index contributed by atoms with van der Waals surface area (Å²) in [6.07, 6.45) is 2.18. The van der Waals surface area contributed by atoms with E-state index in [1.165, 1.54) is 12.1 Å². The van der Waals surface area contributed by atoms with Gasteiger partial charge < -0.3 is 0 Å². The fraction of sp³-hybridized carbons (Fsp3) is 0.417. The highest BCUT2D eigenvalue weighted by Crippen LogP contribution is 2.16. The van der Waals surface area contributed by atoms with Crippen molar-refractivity contribution in [1.29, 1.82) is 0 Å². The van der Waals surface area contributed by atoms with E-state index in [1.54, 1.807) is 6.07 Å². The van der Waals surface area contributed by atoms with Crippen LogP contribution in [0.2, 0.25) is 5.02 Å². The molecule has 16 heavy (non-hydrogen) atoms. The Labute approximate surface area is 108 Å². The lowest BCUT2D eigenvalue weighted by Gasteiger charge is -2.03. The van der Waals surface area contributed by atoms with Crippen molar-refractivity contribution in [3.05, 3.63) is 34.6 Å². The van der Waals surface area contributed by atoms with Crippen LogP contribution in [0.25, 0.3) is 0 Å². The van der Waals surface area contributed by atoms with Crippen molar-refractivity contribution in [3.8, 4) is 0 Å². The highest BCUT2D eigenvalue weighted by Gasteiger charge is 2.06. The number of alkyl halides is 1. The summed E-state index contributed by atoms with van der Waals surface area (Å²) in [5.74, 6) is -0.128. The van der Waals surface area contributed by atoms with Gasteiger partial charge >= 0.3 is 0 Å². The molecule has 0 aliphatic heterocycles. The van der Waals surface area contributed by atoms with Crippen LogP contribution in [0.1, 0.15) is 24.8 Å². The van der Waals surface area contributed by atoms with Crippen LogP contribution in [0.4, 0.5) is 4.39 Å². The van der Waals surface area contributed by atoms with E-state index in [9.17, 15) is 9.18 Å². The van der Waals surface area contributed by atoms with Gasteiger partial charge in [-0.25, -0.2) is 4.39 Å². The molecule has 0 saturated heterocycles. The third-order valence-electron chi connectivity index (χ3n) is 2.27. The van der Waals surface area contributed by atoms with Crippen LogP contribution in [-0.4, -0.2) is 11.1 Å². The molecule has 0 saturated carbocycles. The molecule has 0 amide bonds. The van der Waals surface area contributed by atoms with Crippen LogP contribution in [0.5, 0.6) is 0 Å². The van der Waals surface area contributed by atoms with Gasteiger partial charge in [0.15, 0.2) is 0 Å². The first kappa shape index (κ1) is 13.7. The second-order valence-electron chi connectivity index (χ2n) is 3.57. The van der Waals surface area contributed by atoms with Gasteiger partial charge in [0.05, 0.1) is 0 Å². The van der Waals surface area contributed by atoms with Crippen molar-refractivity contribution >= 4 is 33.3 Å². The number of hydrogen-bond acceptors (Lipinski definition) is 1. The van der Waals surface area contributed by atoms with Crippen LogP contribution in [0.15, 0.2) is 18.2 Å². The molecule has 0 bridgehead atoms. The number of hydrogen-bond donors (Lipinski definition) is 0. The number of halogens is 3. The number of ketones is 1. The minimum absolute atomic E-state index is 0.166. The molecule has 0 aromatic heterocycles. The SMILES string of the molecule is O=C(CCCBr)CCc1cc(Cl)ccc1F. The van der Waals surface area contributed by atoms with E-state index in [0.717, 1.165) is 11.8 Å². The first-order chi connectivity index (χ1) is 7.63. The summed E-state index contributed by atoms with van der Waals surface area (Å²) >= 11 is 9.02. The summed E-state index contributed by atoms with van der Waals surface area (Å²) in [6.45, 7) is 0. The van der Waals surface area contributed by atoms with E-state index in [0.29, 0.717) is 29.8 Å². The summed E-state index contributed by atoms with van der Waals surface area (Å²) in [7, 11) is 0. The number of benzene rings is 1. The molecule has 4 heteroatoms. The van der Waals surface area contributed by atoms with E-state index < -0.39 is 0 Å². The zero-order valence-corrected chi connectivity index (χ0v) is 11.2. The lowest BCUT2D eigenvalue weighted by Crippen LogP contribution is -2.01. The van der Waals surface area contributed by atoms with Gasteiger partial charge in [-0.1, -0.05) is 27.5 Å². The molecule has 1 rings (SSSR count). The molecule has 0 aliphatic carbocycles. The van der Waals surface area contributed by atoms with E-state index in [1.807, 2.05) is 0 Å². The van der Waals surface area contributed by atoms with Crippen molar-refractivity contribution in [3.63, 3.8) is 0 Å². The van der Waals surface area contributed by atoms with Crippen LogP contribution in [0, 0.1) is 5.82 Å². The van der Waals surface area contributed by atoms with E-state index in [-0.39, 0.29) is 11.6 Å². The molecular weight excluding hydrogens is 294 g/mol. The predicted octanol–water partition coefficient (Wildman–Crippen LogP) is 4.16. The van der Waals surface area contributed by atoms with Gasteiger partial charge in [0.1, 0.15) is 11.6 Å². The van der Waals surface area contributed by atoms with Gasteiger partial charge in [0, 0.05) is 23.2 Å². The summed E-state index contributed by atoms with van der Waals surface area (Å²) in [4.78, 5) is 11.4. The minimum atomic E-state index is -0.294. The highest BCUT2D eigenvalue weighted by atomic mass is 79.9. The van der Waals surface area contributed by atoms with Gasteiger partial charge in [-0.15, -0.1) is 0 Å². The van der Waals surface area contributed by atoms with E-state index in [2.05, 4.69) is 15.9 Å². The number of carbonyl (C=O) groups is 1. The molecule has 0 aliphatic rings. The van der Waals surface area contributed by atoms with Gasteiger partial charge in [-0.3, -0.25) is 4.79 Å². The molecule has 1 nitrogen and oxygen atoms in total.